The Balaban J connectivity index is 1.55. The van der Waals surface area contributed by atoms with Gasteiger partial charge < -0.3 is 10.2 Å². The Morgan fingerprint density at radius 1 is 1.04 bits per heavy atom. The van der Waals surface area contributed by atoms with Crippen molar-refractivity contribution < 1.29 is 13.2 Å². The van der Waals surface area contributed by atoms with Crippen LogP contribution in [0.25, 0.3) is 10.8 Å². The lowest BCUT2D eigenvalue weighted by Gasteiger charge is -2.30. The van der Waals surface area contributed by atoms with Crippen LogP contribution in [-0.4, -0.2) is 43.4 Å². The van der Waals surface area contributed by atoms with Gasteiger partial charge in [0.1, 0.15) is 0 Å². The number of hydrogen-bond donors (Lipinski definition) is 1. The Labute approximate surface area is 154 Å². The molecule has 4 rings (SSSR count). The van der Waals surface area contributed by atoms with Gasteiger partial charge in [-0.3, -0.25) is 0 Å². The molecule has 2 aliphatic rings. The molecule has 6 heteroatoms. The number of rotatable bonds is 2. The second-order valence-electron chi connectivity index (χ2n) is 7.32. The van der Waals surface area contributed by atoms with Gasteiger partial charge in [0, 0.05) is 12.6 Å². The zero-order valence-corrected chi connectivity index (χ0v) is 15.5. The van der Waals surface area contributed by atoms with Crippen molar-refractivity contribution in [1.82, 2.24) is 10.2 Å². The van der Waals surface area contributed by atoms with E-state index in [0.717, 1.165) is 19.3 Å². The summed E-state index contributed by atoms with van der Waals surface area (Å²) in [5.74, 6) is 0.299. The van der Waals surface area contributed by atoms with E-state index in [-0.39, 0.29) is 29.6 Å². The molecule has 2 aromatic rings. The van der Waals surface area contributed by atoms with Crippen LogP contribution >= 0.6 is 0 Å². The normalized spacial score (nSPS) is 25.3. The predicted octanol–water partition coefficient (Wildman–Crippen LogP) is 3.26. The molecule has 2 aliphatic heterocycles. The molecule has 2 saturated heterocycles. The van der Waals surface area contributed by atoms with Gasteiger partial charge in [0.15, 0.2) is 9.84 Å². The highest BCUT2D eigenvalue weighted by Gasteiger charge is 2.33. The molecule has 2 unspecified atom stereocenters. The lowest BCUT2D eigenvalue weighted by Crippen LogP contribution is -2.48. The fourth-order valence-electron chi connectivity index (χ4n) is 4.27. The lowest BCUT2D eigenvalue weighted by atomic mass is 9.97. The van der Waals surface area contributed by atoms with Gasteiger partial charge in [0.25, 0.3) is 0 Å². The molecule has 0 bridgehead atoms. The topological polar surface area (TPSA) is 66.5 Å². The molecule has 0 spiro atoms. The standard InChI is InChI=1S/C20H24N2O3S/c23-20(21-16-8-5-13-26(24,25)14-16)22-12-4-11-19(22)18-10-3-7-15-6-1-2-9-17(15)18/h1-3,6-7,9-10,16,19H,4-5,8,11-14H2,(H,21,23). The summed E-state index contributed by atoms with van der Waals surface area (Å²) >= 11 is 0. The fraction of sp³-hybridized carbons (Fsp3) is 0.450. The third kappa shape index (κ3) is 3.43. The van der Waals surface area contributed by atoms with E-state index < -0.39 is 9.84 Å². The predicted molar refractivity (Wildman–Crippen MR) is 103 cm³/mol. The molecule has 0 aliphatic carbocycles. The fourth-order valence-corrected chi connectivity index (χ4v) is 5.90. The molecule has 26 heavy (non-hydrogen) atoms. The number of benzene rings is 2. The maximum atomic E-state index is 12.9. The molecule has 0 saturated carbocycles. The van der Waals surface area contributed by atoms with Gasteiger partial charge in [-0.15, -0.1) is 0 Å². The van der Waals surface area contributed by atoms with Crippen molar-refractivity contribution in [3.05, 3.63) is 48.0 Å². The van der Waals surface area contributed by atoms with Crippen molar-refractivity contribution in [2.24, 2.45) is 0 Å². The highest BCUT2D eigenvalue weighted by atomic mass is 32.2. The molecule has 1 N–H and O–H groups in total. The third-order valence-electron chi connectivity index (χ3n) is 5.49. The number of carbonyl (C=O) groups excluding carboxylic acids is 1. The first-order chi connectivity index (χ1) is 12.5. The minimum atomic E-state index is -3.03. The number of carbonyl (C=O) groups is 1. The highest BCUT2D eigenvalue weighted by Crippen LogP contribution is 2.36. The number of urea groups is 1. The van der Waals surface area contributed by atoms with Gasteiger partial charge in [-0.05, 0) is 42.0 Å². The first-order valence-corrected chi connectivity index (χ1v) is 11.1. The van der Waals surface area contributed by atoms with E-state index in [2.05, 4.69) is 29.6 Å². The minimum absolute atomic E-state index is 0.0429. The monoisotopic (exact) mass is 372 g/mol. The Kier molecular flexibility index (Phi) is 4.61. The Morgan fingerprint density at radius 2 is 1.85 bits per heavy atom. The molecular formula is C20H24N2O3S. The van der Waals surface area contributed by atoms with E-state index in [1.54, 1.807) is 0 Å². The Hall–Kier alpha value is -2.08. The summed E-state index contributed by atoms with van der Waals surface area (Å²) in [6.45, 7) is 0.708. The summed E-state index contributed by atoms with van der Waals surface area (Å²) in [4.78, 5) is 14.7. The lowest BCUT2D eigenvalue weighted by molar-refractivity contribution is 0.189. The quantitative estimate of drug-likeness (QED) is 0.880. The van der Waals surface area contributed by atoms with Crippen LogP contribution in [0.15, 0.2) is 42.5 Å². The van der Waals surface area contributed by atoms with Gasteiger partial charge in [-0.1, -0.05) is 42.5 Å². The smallest absolute Gasteiger partial charge is 0.318 e. The SMILES string of the molecule is O=C(NC1CCCS(=O)(=O)C1)N1CCCC1c1cccc2ccccc12. The zero-order chi connectivity index (χ0) is 18.1. The maximum Gasteiger partial charge on any atom is 0.318 e. The van der Waals surface area contributed by atoms with E-state index in [0.29, 0.717) is 13.0 Å². The van der Waals surface area contributed by atoms with Gasteiger partial charge in [0.05, 0.1) is 17.5 Å². The van der Waals surface area contributed by atoms with Crippen molar-refractivity contribution in [3.63, 3.8) is 0 Å². The van der Waals surface area contributed by atoms with E-state index >= 15 is 0 Å². The number of hydrogen-bond acceptors (Lipinski definition) is 3. The molecule has 0 radical (unpaired) electrons. The average molecular weight is 372 g/mol. The van der Waals surface area contributed by atoms with Crippen LogP contribution in [0.1, 0.15) is 37.3 Å². The third-order valence-corrected chi connectivity index (χ3v) is 7.31. The Bertz CT molecular complexity index is 920. The largest absolute Gasteiger partial charge is 0.334 e. The van der Waals surface area contributed by atoms with Crippen molar-refractivity contribution in [1.29, 1.82) is 0 Å². The van der Waals surface area contributed by atoms with E-state index in [9.17, 15) is 13.2 Å². The molecule has 138 valence electrons. The van der Waals surface area contributed by atoms with Crippen molar-refractivity contribution >= 4 is 26.6 Å². The maximum absolute atomic E-state index is 12.9. The molecular weight excluding hydrogens is 348 g/mol. The van der Waals surface area contributed by atoms with E-state index in [4.69, 9.17) is 0 Å². The van der Waals surface area contributed by atoms with Crippen molar-refractivity contribution in [3.8, 4) is 0 Å². The number of amides is 2. The number of nitrogens with zero attached hydrogens (tertiary/aromatic N) is 1. The molecule has 2 atom stereocenters. The number of sulfone groups is 1. The van der Waals surface area contributed by atoms with Crippen molar-refractivity contribution in [2.75, 3.05) is 18.1 Å². The zero-order valence-electron chi connectivity index (χ0n) is 14.7. The summed E-state index contributed by atoms with van der Waals surface area (Å²) < 4.78 is 23.7. The Morgan fingerprint density at radius 3 is 2.69 bits per heavy atom. The van der Waals surface area contributed by atoms with Gasteiger partial charge in [-0.2, -0.15) is 0 Å². The van der Waals surface area contributed by atoms with Gasteiger partial charge >= 0.3 is 6.03 Å². The molecule has 2 aromatic carbocycles. The van der Waals surface area contributed by atoms with Crippen LogP contribution in [0.4, 0.5) is 4.79 Å². The molecule has 2 fully saturated rings. The van der Waals surface area contributed by atoms with Gasteiger partial charge in [0.2, 0.25) is 0 Å². The average Bonchev–Trinajstić information content (AvgIpc) is 3.10. The summed E-state index contributed by atoms with van der Waals surface area (Å²) in [5.41, 5.74) is 1.17. The number of likely N-dealkylation sites (tertiary alicyclic amines) is 1. The summed E-state index contributed by atoms with van der Waals surface area (Å²) in [7, 11) is -3.03. The van der Waals surface area contributed by atoms with Crippen LogP contribution in [0.2, 0.25) is 0 Å². The molecule has 0 aromatic heterocycles. The molecule has 5 nitrogen and oxygen atoms in total. The number of fused-ring (bicyclic) bond motifs is 1. The second kappa shape index (κ2) is 6.91. The summed E-state index contributed by atoms with van der Waals surface area (Å²) in [6, 6.07) is 14.1. The first-order valence-electron chi connectivity index (χ1n) is 9.29. The summed E-state index contributed by atoms with van der Waals surface area (Å²) in [6.07, 6.45) is 3.26. The summed E-state index contributed by atoms with van der Waals surface area (Å²) in [5, 5.41) is 5.33. The van der Waals surface area contributed by atoms with Crippen LogP contribution in [0.5, 0.6) is 0 Å². The highest BCUT2D eigenvalue weighted by molar-refractivity contribution is 7.91. The minimum Gasteiger partial charge on any atom is -0.334 e. The van der Waals surface area contributed by atoms with Gasteiger partial charge in [-0.25, -0.2) is 13.2 Å². The second-order valence-corrected chi connectivity index (χ2v) is 9.55. The van der Waals surface area contributed by atoms with E-state index in [1.165, 1.54) is 16.3 Å². The molecule has 2 heterocycles. The van der Waals surface area contributed by atoms with E-state index in [1.807, 2.05) is 23.1 Å². The number of nitrogens with one attached hydrogen (secondary N) is 1. The van der Waals surface area contributed by atoms with Crippen LogP contribution in [0, 0.1) is 0 Å². The van der Waals surface area contributed by atoms with Crippen LogP contribution < -0.4 is 5.32 Å². The van der Waals surface area contributed by atoms with Crippen LogP contribution in [-0.2, 0) is 9.84 Å². The van der Waals surface area contributed by atoms with Crippen LogP contribution in [0.3, 0.4) is 0 Å². The van der Waals surface area contributed by atoms with Crippen molar-refractivity contribution in [2.45, 2.75) is 37.8 Å². The molecule has 2 amide bonds. The first kappa shape index (κ1) is 17.3.